The van der Waals surface area contributed by atoms with Gasteiger partial charge >= 0.3 is 5.97 Å². The van der Waals surface area contributed by atoms with E-state index in [-0.39, 0.29) is 6.42 Å². The van der Waals surface area contributed by atoms with Crippen LogP contribution in [0.1, 0.15) is 32.6 Å². The van der Waals surface area contributed by atoms with E-state index in [4.69, 9.17) is 4.74 Å². The number of hydrogen-bond acceptors (Lipinski definition) is 5. The summed E-state index contributed by atoms with van der Waals surface area (Å²) in [5.41, 5.74) is 0.411. The van der Waals surface area contributed by atoms with Crippen LogP contribution in [-0.4, -0.2) is 39.3 Å². The summed E-state index contributed by atoms with van der Waals surface area (Å²) in [6, 6.07) is 0. The Labute approximate surface area is 99.7 Å². The molecule has 2 rings (SSSR count). The lowest BCUT2D eigenvalue weighted by atomic mass is 9.80. The Morgan fingerprint density at radius 1 is 1.53 bits per heavy atom. The van der Waals surface area contributed by atoms with Gasteiger partial charge in [-0.3, -0.25) is 4.79 Å². The molecule has 1 aliphatic heterocycles. The smallest absolute Gasteiger partial charge is 0.318 e. The topological polar surface area (TPSA) is 87.0 Å². The number of carbonyl (C=O) groups is 1. The molecule has 5 heteroatoms. The first-order valence-electron chi connectivity index (χ1n) is 6.01. The highest BCUT2D eigenvalue weighted by Gasteiger charge is 2.55. The molecule has 0 bridgehead atoms. The maximum Gasteiger partial charge on any atom is 0.318 e. The summed E-state index contributed by atoms with van der Waals surface area (Å²) in [5, 5.41) is 29.6. The summed E-state index contributed by atoms with van der Waals surface area (Å²) >= 11 is 0. The number of aliphatic hydroxyl groups is 3. The molecule has 96 valence electrons. The standard InChI is InChI=1S/C12H18O5/c1-2-3-6-12(16)7-4-5-8(13)10(14)9(7)11(15)17-12/h4,8-10,13-14,16H,2-3,5-6H2,1H3. The van der Waals surface area contributed by atoms with Crippen molar-refractivity contribution >= 4 is 5.97 Å². The van der Waals surface area contributed by atoms with Gasteiger partial charge in [-0.2, -0.15) is 0 Å². The van der Waals surface area contributed by atoms with Gasteiger partial charge in [0.15, 0.2) is 0 Å². The third kappa shape index (κ3) is 1.99. The number of ether oxygens (including phenoxy) is 1. The first-order valence-corrected chi connectivity index (χ1v) is 6.01. The van der Waals surface area contributed by atoms with Crippen LogP contribution in [0.25, 0.3) is 0 Å². The van der Waals surface area contributed by atoms with E-state index in [9.17, 15) is 20.1 Å². The van der Waals surface area contributed by atoms with E-state index in [1.54, 1.807) is 6.08 Å². The molecule has 2 aliphatic rings. The molecule has 0 amide bonds. The van der Waals surface area contributed by atoms with Crippen LogP contribution in [0.15, 0.2) is 11.6 Å². The number of rotatable bonds is 3. The van der Waals surface area contributed by atoms with Crippen LogP contribution in [0.5, 0.6) is 0 Å². The summed E-state index contributed by atoms with van der Waals surface area (Å²) < 4.78 is 4.99. The normalized spacial score (nSPS) is 40.8. The lowest BCUT2D eigenvalue weighted by Gasteiger charge is -2.29. The molecule has 0 radical (unpaired) electrons. The number of fused-ring (bicyclic) bond motifs is 1. The lowest BCUT2D eigenvalue weighted by molar-refractivity contribution is -0.182. The van der Waals surface area contributed by atoms with Gasteiger partial charge in [0.05, 0.1) is 12.2 Å². The summed E-state index contributed by atoms with van der Waals surface area (Å²) in [6.07, 6.45) is 1.64. The van der Waals surface area contributed by atoms with Gasteiger partial charge < -0.3 is 20.1 Å². The summed E-state index contributed by atoms with van der Waals surface area (Å²) in [5.74, 6) is -3.15. The second kappa shape index (κ2) is 4.40. The fourth-order valence-corrected chi connectivity index (χ4v) is 2.49. The Kier molecular flexibility index (Phi) is 3.25. The van der Waals surface area contributed by atoms with Gasteiger partial charge in [0.1, 0.15) is 5.92 Å². The van der Waals surface area contributed by atoms with Crippen LogP contribution in [0.2, 0.25) is 0 Å². The van der Waals surface area contributed by atoms with E-state index in [2.05, 4.69) is 0 Å². The quantitative estimate of drug-likeness (QED) is 0.482. The van der Waals surface area contributed by atoms with Crippen LogP contribution >= 0.6 is 0 Å². The zero-order chi connectivity index (χ0) is 12.6. The van der Waals surface area contributed by atoms with Crippen molar-refractivity contribution in [2.75, 3.05) is 0 Å². The predicted molar refractivity (Wildman–Crippen MR) is 58.8 cm³/mol. The van der Waals surface area contributed by atoms with Gasteiger partial charge in [-0.25, -0.2) is 0 Å². The summed E-state index contributed by atoms with van der Waals surface area (Å²) in [7, 11) is 0. The summed E-state index contributed by atoms with van der Waals surface area (Å²) in [6.45, 7) is 1.98. The van der Waals surface area contributed by atoms with Gasteiger partial charge in [0.2, 0.25) is 5.79 Å². The van der Waals surface area contributed by atoms with E-state index in [0.717, 1.165) is 12.8 Å². The molecule has 0 aromatic rings. The summed E-state index contributed by atoms with van der Waals surface area (Å²) in [4.78, 5) is 11.6. The van der Waals surface area contributed by atoms with Gasteiger partial charge in [0, 0.05) is 12.0 Å². The molecule has 0 spiro atoms. The average Bonchev–Trinajstić information content (AvgIpc) is 2.54. The Bertz CT molecular complexity index is 351. The molecular weight excluding hydrogens is 224 g/mol. The molecule has 0 saturated carbocycles. The highest BCUT2D eigenvalue weighted by Crippen LogP contribution is 2.43. The van der Waals surface area contributed by atoms with Crippen LogP contribution < -0.4 is 0 Å². The van der Waals surface area contributed by atoms with Crippen molar-refractivity contribution in [2.24, 2.45) is 5.92 Å². The molecule has 5 nitrogen and oxygen atoms in total. The van der Waals surface area contributed by atoms with Crippen LogP contribution in [-0.2, 0) is 9.53 Å². The molecule has 1 aliphatic carbocycles. The molecule has 4 atom stereocenters. The average molecular weight is 242 g/mol. The maximum absolute atomic E-state index is 11.6. The Balaban J connectivity index is 2.26. The van der Waals surface area contributed by atoms with Crippen molar-refractivity contribution in [3.8, 4) is 0 Å². The fourth-order valence-electron chi connectivity index (χ4n) is 2.49. The molecule has 0 aromatic carbocycles. The van der Waals surface area contributed by atoms with Crippen molar-refractivity contribution in [2.45, 2.75) is 50.6 Å². The first-order chi connectivity index (χ1) is 7.99. The molecular formula is C12H18O5. The second-order valence-corrected chi connectivity index (χ2v) is 4.74. The van der Waals surface area contributed by atoms with Gasteiger partial charge in [-0.1, -0.05) is 19.4 Å². The van der Waals surface area contributed by atoms with Gasteiger partial charge in [0.25, 0.3) is 0 Å². The van der Waals surface area contributed by atoms with Crippen molar-refractivity contribution in [1.82, 2.24) is 0 Å². The molecule has 17 heavy (non-hydrogen) atoms. The third-order valence-electron chi connectivity index (χ3n) is 3.49. The zero-order valence-corrected chi connectivity index (χ0v) is 9.80. The monoisotopic (exact) mass is 242 g/mol. The van der Waals surface area contributed by atoms with Crippen LogP contribution in [0.4, 0.5) is 0 Å². The van der Waals surface area contributed by atoms with E-state index >= 15 is 0 Å². The van der Waals surface area contributed by atoms with E-state index < -0.39 is 29.9 Å². The highest BCUT2D eigenvalue weighted by molar-refractivity contribution is 5.81. The minimum Gasteiger partial charge on any atom is -0.429 e. The van der Waals surface area contributed by atoms with Crippen molar-refractivity contribution in [3.63, 3.8) is 0 Å². The maximum atomic E-state index is 11.6. The second-order valence-electron chi connectivity index (χ2n) is 4.74. The van der Waals surface area contributed by atoms with Crippen molar-refractivity contribution in [1.29, 1.82) is 0 Å². The van der Waals surface area contributed by atoms with Crippen molar-refractivity contribution < 1.29 is 24.9 Å². The lowest BCUT2D eigenvalue weighted by Crippen LogP contribution is -2.41. The largest absolute Gasteiger partial charge is 0.429 e. The molecule has 0 aromatic heterocycles. The zero-order valence-electron chi connectivity index (χ0n) is 9.80. The fraction of sp³-hybridized carbons (Fsp3) is 0.750. The molecule has 1 saturated heterocycles. The minimum atomic E-state index is -1.58. The Hall–Kier alpha value is -0.910. The Morgan fingerprint density at radius 3 is 2.88 bits per heavy atom. The third-order valence-corrected chi connectivity index (χ3v) is 3.49. The molecule has 1 heterocycles. The number of hydrogen-bond donors (Lipinski definition) is 3. The van der Waals surface area contributed by atoms with Crippen molar-refractivity contribution in [3.05, 3.63) is 11.6 Å². The molecule has 4 unspecified atom stereocenters. The molecule has 3 N–H and O–H groups in total. The number of esters is 1. The van der Waals surface area contributed by atoms with E-state index in [1.165, 1.54) is 0 Å². The van der Waals surface area contributed by atoms with Crippen LogP contribution in [0, 0.1) is 5.92 Å². The molecule has 1 fully saturated rings. The number of aliphatic hydroxyl groups excluding tert-OH is 2. The predicted octanol–water partition coefficient (Wildman–Crippen LogP) is 0.0901. The first kappa shape index (κ1) is 12.5. The minimum absolute atomic E-state index is 0.234. The highest BCUT2D eigenvalue weighted by atomic mass is 16.7. The van der Waals surface area contributed by atoms with Crippen LogP contribution in [0.3, 0.4) is 0 Å². The van der Waals surface area contributed by atoms with Gasteiger partial charge in [-0.05, 0) is 12.8 Å². The number of unbranched alkanes of at least 4 members (excludes halogenated alkanes) is 1. The SMILES string of the molecule is CCCCC1(O)OC(=O)C2C1=CCC(O)C2O. The number of carbonyl (C=O) groups excluding carboxylic acids is 1. The van der Waals surface area contributed by atoms with E-state index in [0.29, 0.717) is 12.0 Å². The van der Waals surface area contributed by atoms with Gasteiger partial charge in [-0.15, -0.1) is 0 Å². The number of cyclic esters (lactones) is 1. The Morgan fingerprint density at radius 2 is 2.24 bits per heavy atom. The van der Waals surface area contributed by atoms with E-state index in [1.807, 2.05) is 6.92 Å².